The van der Waals surface area contributed by atoms with Crippen molar-refractivity contribution in [3.63, 3.8) is 0 Å². The van der Waals surface area contributed by atoms with Crippen molar-refractivity contribution >= 4 is 11.7 Å². The highest BCUT2D eigenvalue weighted by atomic mass is 16.5. The maximum atomic E-state index is 13.4. The van der Waals surface area contributed by atoms with Crippen molar-refractivity contribution in [1.82, 2.24) is 24.7 Å². The predicted molar refractivity (Wildman–Crippen MR) is 132 cm³/mol. The van der Waals surface area contributed by atoms with Gasteiger partial charge in [0, 0.05) is 29.4 Å². The molecule has 1 atom stereocenters. The van der Waals surface area contributed by atoms with Crippen LogP contribution in [0.15, 0.2) is 61.1 Å². The third kappa shape index (κ3) is 4.39. The number of hydrogen-bond donors (Lipinski definition) is 1. The van der Waals surface area contributed by atoms with E-state index in [9.17, 15) is 4.79 Å². The minimum absolute atomic E-state index is 0.180. The molecular weight excluding hydrogens is 440 g/mol. The van der Waals surface area contributed by atoms with Gasteiger partial charge in [0.05, 0.1) is 12.2 Å². The molecule has 1 aromatic carbocycles. The van der Waals surface area contributed by atoms with Crippen molar-refractivity contribution < 1.29 is 9.53 Å². The lowest BCUT2D eigenvalue weighted by Crippen LogP contribution is -2.16. The largest absolute Gasteiger partial charge is 0.493 e. The van der Waals surface area contributed by atoms with Gasteiger partial charge in [0.2, 0.25) is 0 Å². The van der Waals surface area contributed by atoms with Crippen molar-refractivity contribution in [3.05, 3.63) is 72.3 Å². The molecule has 0 radical (unpaired) electrons. The number of ether oxygens (including phenoxy) is 1. The molecule has 3 aromatic heterocycles. The Labute approximate surface area is 203 Å². The molecule has 35 heavy (non-hydrogen) atoms. The van der Waals surface area contributed by atoms with Crippen LogP contribution in [0.2, 0.25) is 0 Å². The van der Waals surface area contributed by atoms with Gasteiger partial charge >= 0.3 is 0 Å². The van der Waals surface area contributed by atoms with Gasteiger partial charge in [-0.1, -0.05) is 18.2 Å². The van der Waals surface area contributed by atoms with E-state index in [-0.39, 0.29) is 11.9 Å². The van der Waals surface area contributed by atoms with Gasteiger partial charge in [-0.15, -0.1) is 10.2 Å². The number of hydrogen-bond acceptors (Lipinski definition) is 6. The van der Waals surface area contributed by atoms with Gasteiger partial charge in [-0.2, -0.15) is 0 Å². The van der Waals surface area contributed by atoms with Crippen molar-refractivity contribution in [3.8, 4) is 28.4 Å². The first-order chi connectivity index (χ1) is 17.2. The second-order valence-electron chi connectivity index (χ2n) is 9.22. The molecule has 2 aliphatic rings. The van der Waals surface area contributed by atoms with Gasteiger partial charge < -0.3 is 14.6 Å². The number of rotatable bonds is 2. The van der Waals surface area contributed by atoms with Crippen LogP contribution < -0.4 is 10.1 Å². The van der Waals surface area contributed by atoms with Crippen LogP contribution in [0.1, 0.15) is 60.6 Å². The van der Waals surface area contributed by atoms with Crippen LogP contribution in [0.5, 0.6) is 5.75 Å². The van der Waals surface area contributed by atoms with Gasteiger partial charge in [0.15, 0.2) is 5.82 Å². The van der Waals surface area contributed by atoms with E-state index in [2.05, 4.69) is 44.5 Å². The zero-order chi connectivity index (χ0) is 23.8. The van der Waals surface area contributed by atoms with E-state index in [1.807, 2.05) is 41.1 Å². The molecule has 4 heterocycles. The molecule has 176 valence electrons. The Morgan fingerprint density at radius 3 is 2.77 bits per heavy atom. The first-order valence-corrected chi connectivity index (χ1v) is 12.1. The average molecular weight is 467 g/mol. The average Bonchev–Trinajstić information content (AvgIpc) is 3.62. The fourth-order valence-corrected chi connectivity index (χ4v) is 4.47. The molecule has 2 bridgehead atoms. The summed E-state index contributed by atoms with van der Waals surface area (Å²) >= 11 is 0. The number of benzene rings is 1. The molecule has 0 spiro atoms. The molecule has 8 heteroatoms. The van der Waals surface area contributed by atoms with E-state index in [0.29, 0.717) is 41.2 Å². The second-order valence-corrected chi connectivity index (χ2v) is 9.22. The van der Waals surface area contributed by atoms with Crippen LogP contribution in [-0.4, -0.2) is 37.2 Å². The third-order valence-electron chi connectivity index (χ3n) is 6.63. The maximum absolute atomic E-state index is 13.4. The smallest absolute Gasteiger partial charge is 0.260 e. The van der Waals surface area contributed by atoms with Crippen LogP contribution in [0, 0.1) is 0 Å². The lowest BCUT2D eigenvalue weighted by atomic mass is 10.0. The molecule has 1 aliphatic heterocycles. The summed E-state index contributed by atoms with van der Waals surface area (Å²) in [7, 11) is 0. The van der Waals surface area contributed by atoms with E-state index in [0.717, 1.165) is 29.7 Å². The van der Waals surface area contributed by atoms with E-state index in [1.165, 1.54) is 12.8 Å². The fourth-order valence-electron chi connectivity index (χ4n) is 4.47. The Hall–Kier alpha value is -4.07. The lowest BCUT2D eigenvalue weighted by Gasteiger charge is -2.18. The molecule has 8 nitrogen and oxygen atoms in total. The van der Waals surface area contributed by atoms with Gasteiger partial charge in [-0.25, -0.2) is 4.98 Å². The zero-order valence-electron chi connectivity index (χ0n) is 19.5. The molecule has 1 unspecified atom stereocenters. The highest BCUT2D eigenvalue weighted by Crippen LogP contribution is 2.39. The summed E-state index contributed by atoms with van der Waals surface area (Å²) in [6.07, 6.45) is 7.75. The molecule has 1 N–H and O–H groups in total. The Bertz CT molecular complexity index is 1380. The normalized spacial score (nSPS) is 18.0. The highest BCUT2D eigenvalue weighted by molar-refractivity contribution is 6.06. The van der Waals surface area contributed by atoms with Gasteiger partial charge in [0.25, 0.3) is 5.91 Å². The van der Waals surface area contributed by atoms with Crippen LogP contribution in [0.4, 0.5) is 5.82 Å². The van der Waals surface area contributed by atoms with Crippen molar-refractivity contribution in [2.24, 2.45) is 0 Å². The van der Waals surface area contributed by atoms with Crippen LogP contribution in [-0.2, 0) is 0 Å². The monoisotopic (exact) mass is 466 g/mol. The standard InChI is InChI=1S/C27H26N6O2/c1-17-4-3-13-35-24-12-10-19(20-9-11-22(28-15-20)18-7-8-18)14-21(24)27(34)31-25-6-2-5-23(30-25)26-32-29-16-33(17)26/h2,5-6,9-12,14-18H,3-4,7-8,13H2,1H3,(H,30,31,34). The Morgan fingerprint density at radius 1 is 1.06 bits per heavy atom. The summed E-state index contributed by atoms with van der Waals surface area (Å²) in [4.78, 5) is 22.7. The van der Waals surface area contributed by atoms with Crippen molar-refractivity contribution in [2.75, 3.05) is 11.9 Å². The number of carbonyl (C=O) groups excluding carboxylic acids is 1. The third-order valence-corrected chi connectivity index (χ3v) is 6.63. The van der Waals surface area contributed by atoms with E-state index in [1.54, 1.807) is 12.4 Å². The number of nitrogens with one attached hydrogen (secondary N) is 1. The zero-order valence-corrected chi connectivity index (χ0v) is 19.5. The van der Waals surface area contributed by atoms with Gasteiger partial charge in [-0.05, 0) is 68.5 Å². The first-order valence-electron chi connectivity index (χ1n) is 12.1. The second kappa shape index (κ2) is 8.94. The summed E-state index contributed by atoms with van der Waals surface area (Å²) in [5.41, 5.74) is 4.16. The molecule has 1 saturated carbocycles. The molecular formula is C27H26N6O2. The van der Waals surface area contributed by atoms with Crippen LogP contribution >= 0.6 is 0 Å². The number of aromatic nitrogens is 5. The number of pyridine rings is 2. The number of fused-ring (bicyclic) bond motifs is 5. The van der Waals surface area contributed by atoms with E-state index >= 15 is 0 Å². The SMILES string of the molecule is CC1CCCOc2ccc(-c3ccc(C4CC4)nc3)cc2C(=O)Nc2cccc(n2)-c2nncn21. The lowest BCUT2D eigenvalue weighted by molar-refractivity contribution is 0.102. The Balaban J connectivity index is 1.36. The fraction of sp³-hybridized carbons (Fsp3) is 0.296. The minimum Gasteiger partial charge on any atom is -0.493 e. The summed E-state index contributed by atoms with van der Waals surface area (Å²) in [6, 6.07) is 15.6. The highest BCUT2D eigenvalue weighted by Gasteiger charge is 2.25. The summed E-state index contributed by atoms with van der Waals surface area (Å²) in [5.74, 6) is 2.00. The summed E-state index contributed by atoms with van der Waals surface area (Å²) < 4.78 is 8.10. The Kier molecular flexibility index (Phi) is 5.48. The number of nitrogens with zero attached hydrogens (tertiary/aromatic N) is 5. The van der Waals surface area contributed by atoms with Gasteiger partial charge in [-0.3, -0.25) is 9.78 Å². The Morgan fingerprint density at radius 2 is 1.94 bits per heavy atom. The molecule has 6 rings (SSSR count). The molecule has 0 saturated heterocycles. The van der Waals surface area contributed by atoms with E-state index < -0.39 is 0 Å². The predicted octanol–water partition coefficient (Wildman–Crippen LogP) is 5.27. The molecule has 1 fully saturated rings. The topological polar surface area (TPSA) is 94.8 Å². The first kappa shape index (κ1) is 21.5. The molecule has 1 amide bonds. The molecule has 4 aromatic rings. The summed E-state index contributed by atoms with van der Waals surface area (Å²) in [5, 5.41) is 11.3. The quantitative estimate of drug-likeness (QED) is 0.433. The minimum atomic E-state index is -0.277. The van der Waals surface area contributed by atoms with Crippen LogP contribution in [0.3, 0.4) is 0 Å². The van der Waals surface area contributed by atoms with Crippen molar-refractivity contribution in [2.45, 2.75) is 44.6 Å². The number of amides is 1. The summed E-state index contributed by atoms with van der Waals surface area (Å²) in [6.45, 7) is 2.63. The van der Waals surface area contributed by atoms with Crippen molar-refractivity contribution in [1.29, 1.82) is 0 Å². The van der Waals surface area contributed by atoms with E-state index in [4.69, 9.17) is 4.74 Å². The number of carbonyl (C=O) groups is 1. The molecule has 1 aliphatic carbocycles. The van der Waals surface area contributed by atoms with Crippen LogP contribution in [0.25, 0.3) is 22.6 Å². The maximum Gasteiger partial charge on any atom is 0.260 e. The number of anilines is 1. The van der Waals surface area contributed by atoms with Gasteiger partial charge in [0.1, 0.15) is 23.6 Å².